The van der Waals surface area contributed by atoms with E-state index in [2.05, 4.69) is 27.5 Å². The summed E-state index contributed by atoms with van der Waals surface area (Å²) in [6, 6.07) is 12.9. The Labute approximate surface area is 195 Å². The summed E-state index contributed by atoms with van der Waals surface area (Å²) in [6.45, 7) is 5.50. The molecule has 0 fully saturated rings. The summed E-state index contributed by atoms with van der Waals surface area (Å²) in [5, 5.41) is 0.773. The van der Waals surface area contributed by atoms with Gasteiger partial charge in [-0.25, -0.2) is 4.98 Å². The molecule has 0 spiro atoms. The van der Waals surface area contributed by atoms with Crippen LogP contribution in [0.3, 0.4) is 0 Å². The fourth-order valence-electron chi connectivity index (χ4n) is 3.38. The van der Waals surface area contributed by atoms with Crippen LogP contribution in [0, 0.1) is 0 Å². The van der Waals surface area contributed by atoms with E-state index < -0.39 is 17.8 Å². The van der Waals surface area contributed by atoms with E-state index in [1.165, 1.54) is 30.6 Å². The van der Waals surface area contributed by atoms with Crippen LogP contribution in [-0.4, -0.2) is 16.7 Å². The number of aromatic nitrogens is 2. The van der Waals surface area contributed by atoms with Crippen LogP contribution in [-0.2, 0) is 10.9 Å². The minimum absolute atomic E-state index is 0.0552. The van der Waals surface area contributed by atoms with Crippen molar-refractivity contribution in [2.45, 2.75) is 19.2 Å². The van der Waals surface area contributed by atoms with Crippen molar-refractivity contribution in [3.05, 3.63) is 81.9 Å². The van der Waals surface area contributed by atoms with Crippen LogP contribution >= 0.6 is 27.3 Å². The second kappa shape index (κ2) is 8.63. The number of fused-ring (bicyclic) bond motifs is 1. The van der Waals surface area contributed by atoms with Gasteiger partial charge in [-0.1, -0.05) is 40.7 Å². The molecule has 2 aromatic heterocycles. The molecule has 32 heavy (non-hydrogen) atoms. The van der Waals surface area contributed by atoms with Gasteiger partial charge in [0, 0.05) is 16.1 Å². The lowest BCUT2D eigenvalue weighted by Gasteiger charge is -2.20. The van der Waals surface area contributed by atoms with Crippen molar-refractivity contribution < 1.29 is 22.6 Å². The van der Waals surface area contributed by atoms with Crippen LogP contribution in [0.25, 0.3) is 21.8 Å². The summed E-state index contributed by atoms with van der Waals surface area (Å²) in [5.41, 5.74) is 1.02. The van der Waals surface area contributed by atoms with Crippen molar-refractivity contribution in [2.75, 3.05) is 7.11 Å². The molecule has 0 radical (unpaired) electrons. The molecule has 0 saturated heterocycles. The Hall–Kier alpha value is -2.78. The molecule has 1 atom stereocenters. The number of ether oxygens (including phenoxy) is 2. The van der Waals surface area contributed by atoms with Gasteiger partial charge in [0.15, 0.2) is 0 Å². The minimum Gasteiger partial charge on any atom is -0.496 e. The van der Waals surface area contributed by atoms with Crippen LogP contribution in [0.15, 0.2) is 65.9 Å². The highest BCUT2D eigenvalue weighted by molar-refractivity contribution is 9.10. The lowest BCUT2D eigenvalue weighted by molar-refractivity contribution is -0.138. The van der Waals surface area contributed by atoms with Gasteiger partial charge < -0.3 is 9.47 Å². The van der Waals surface area contributed by atoms with Gasteiger partial charge in [0.05, 0.1) is 23.7 Å². The first-order valence-corrected chi connectivity index (χ1v) is 11.1. The third kappa shape index (κ3) is 4.27. The van der Waals surface area contributed by atoms with E-state index in [9.17, 15) is 13.2 Å². The Kier molecular flexibility index (Phi) is 6.05. The summed E-state index contributed by atoms with van der Waals surface area (Å²) in [7, 11) is 1.48. The molecular weight excluding hydrogens is 505 g/mol. The molecule has 0 aliphatic heterocycles. The SMILES string of the molecule is C=C(OC)c1sc(-n2cnc3cc(Br)ccc32)cc1O[C@H](C)c1ccccc1C(F)(F)F. The second-order valence-corrected chi connectivity index (χ2v) is 8.94. The number of hydrogen-bond donors (Lipinski definition) is 0. The summed E-state index contributed by atoms with van der Waals surface area (Å²) < 4.78 is 54.6. The number of hydrogen-bond acceptors (Lipinski definition) is 4. The molecule has 4 rings (SSSR count). The topological polar surface area (TPSA) is 36.3 Å². The van der Waals surface area contributed by atoms with E-state index in [0.717, 1.165) is 26.6 Å². The average Bonchev–Trinajstić information content (AvgIpc) is 3.36. The van der Waals surface area contributed by atoms with Crippen LogP contribution in [0.1, 0.15) is 29.0 Å². The Morgan fingerprint density at radius 3 is 2.66 bits per heavy atom. The summed E-state index contributed by atoms with van der Waals surface area (Å²) in [6.07, 6.45) is -3.64. The molecule has 0 aliphatic carbocycles. The minimum atomic E-state index is -4.48. The molecule has 0 unspecified atom stereocenters. The summed E-state index contributed by atoms with van der Waals surface area (Å²) >= 11 is 4.79. The molecule has 0 amide bonds. The molecule has 9 heteroatoms. The molecule has 0 N–H and O–H groups in total. The average molecular weight is 523 g/mol. The predicted octanol–water partition coefficient (Wildman–Crippen LogP) is 7.63. The van der Waals surface area contributed by atoms with E-state index in [-0.39, 0.29) is 5.56 Å². The van der Waals surface area contributed by atoms with Crippen molar-refractivity contribution >= 4 is 44.1 Å². The van der Waals surface area contributed by atoms with Crippen LogP contribution in [0.2, 0.25) is 0 Å². The predicted molar refractivity (Wildman–Crippen MR) is 123 cm³/mol. The fourth-order valence-corrected chi connectivity index (χ4v) is 4.75. The standard InChI is InChI=1S/C23H18BrF3N2O2S/c1-13(16-6-4-5-7-17(16)23(25,26)27)31-20-11-21(32-22(20)14(2)30-3)29-12-28-18-10-15(24)8-9-19(18)29/h4-13H,2H2,1,3H3/t13-/m1/s1. The van der Waals surface area contributed by atoms with Gasteiger partial charge in [0.25, 0.3) is 0 Å². The molecule has 0 aliphatic rings. The highest BCUT2D eigenvalue weighted by Gasteiger charge is 2.35. The molecular formula is C23H18BrF3N2O2S. The molecule has 0 bridgehead atoms. The Bertz CT molecular complexity index is 1300. The monoisotopic (exact) mass is 522 g/mol. The quantitative estimate of drug-likeness (QED) is 0.244. The van der Waals surface area contributed by atoms with E-state index in [0.29, 0.717) is 16.4 Å². The molecule has 166 valence electrons. The number of methoxy groups -OCH3 is 1. The Balaban J connectivity index is 1.75. The maximum absolute atomic E-state index is 13.5. The Morgan fingerprint density at radius 1 is 1.19 bits per heavy atom. The first-order valence-electron chi connectivity index (χ1n) is 9.52. The largest absolute Gasteiger partial charge is 0.496 e. The van der Waals surface area contributed by atoms with E-state index in [1.807, 2.05) is 22.8 Å². The third-order valence-corrected chi connectivity index (χ3v) is 6.59. The van der Waals surface area contributed by atoms with E-state index >= 15 is 0 Å². The van der Waals surface area contributed by atoms with Crippen molar-refractivity contribution in [3.8, 4) is 10.8 Å². The first kappa shape index (κ1) is 22.4. The number of rotatable bonds is 6. The molecule has 2 heterocycles. The summed E-state index contributed by atoms with van der Waals surface area (Å²) in [5.74, 6) is 0.750. The van der Waals surface area contributed by atoms with Gasteiger partial charge in [-0.15, -0.1) is 11.3 Å². The van der Waals surface area contributed by atoms with Gasteiger partial charge in [-0.3, -0.25) is 4.57 Å². The molecule has 2 aromatic carbocycles. The zero-order chi connectivity index (χ0) is 23.0. The van der Waals surface area contributed by atoms with Crippen molar-refractivity contribution in [1.82, 2.24) is 9.55 Å². The van der Waals surface area contributed by atoms with Crippen LogP contribution in [0.4, 0.5) is 13.2 Å². The third-order valence-electron chi connectivity index (χ3n) is 4.94. The Morgan fingerprint density at radius 2 is 1.94 bits per heavy atom. The number of nitrogens with zero attached hydrogens (tertiary/aromatic N) is 2. The van der Waals surface area contributed by atoms with Crippen LogP contribution in [0.5, 0.6) is 5.75 Å². The highest BCUT2D eigenvalue weighted by atomic mass is 79.9. The highest BCUT2D eigenvalue weighted by Crippen LogP contribution is 2.41. The van der Waals surface area contributed by atoms with E-state index in [1.54, 1.807) is 25.4 Å². The van der Waals surface area contributed by atoms with Crippen molar-refractivity contribution in [2.24, 2.45) is 0 Å². The van der Waals surface area contributed by atoms with Crippen LogP contribution < -0.4 is 4.74 Å². The van der Waals surface area contributed by atoms with Gasteiger partial charge in [0.1, 0.15) is 33.8 Å². The molecule has 4 nitrogen and oxygen atoms in total. The zero-order valence-corrected chi connectivity index (χ0v) is 19.5. The zero-order valence-electron chi connectivity index (χ0n) is 17.1. The maximum Gasteiger partial charge on any atom is 0.416 e. The number of thiophene rings is 1. The number of imidazole rings is 1. The fraction of sp³-hybridized carbons (Fsp3) is 0.174. The summed E-state index contributed by atoms with van der Waals surface area (Å²) in [4.78, 5) is 5.02. The van der Waals surface area contributed by atoms with Gasteiger partial charge in [-0.2, -0.15) is 13.2 Å². The normalized spacial score (nSPS) is 12.7. The lowest BCUT2D eigenvalue weighted by Crippen LogP contribution is -2.13. The maximum atomic E-state index is 13.5. The van der Waals surface area contributed by atoms with Gasteiger partial charge in [-0.05, 0) is 31.2 Å². The number of alkyl halides is 3. The lowest BCUT2D eigenvalue weighted by atomic mass is 10.0. The molecule has 4 aromatic rings. The number of halogens is 4. The van der Waals surface area contributed by atoms with Crippen molar-refractivity contribution in [1.29, 1.82) is 0 Å². The number of benzene rings is 2. The second-order valence-electron chi connectivity index (χ2n) is 7.00. The van der Waals surface area contributed by atoms with Gasteiger partial charge in [0.2, 0.25) is 0 Å². The van der Waals surface area contributed by atoms with E-state index in [4.69, 9.17) is 9.47 Å². The molecule has 0 saturated carbocycles. The van der Waals surface area contributed by atoms with Gasteiger partial charge >= 0.3 is 6.18 Å². The van der Waals surface area contributed by atoms with Crippen molar-refractivity contribution in [3.63, 3.8) is 0 Å². The smallest absolute Gasteiger partial charge is 0.416 e. The first-order chi connectivity index (χ1) is 15.2.